The fraction of sp³-hybridized carbons (Fsp3) is 0.286. The summed E-state index contributed by atoms with van der Waals surface area (Å²) in [6, 6.07) is 10.4. The van der Waals surface area contributed by atoms with Gasteiger partial charge in [0.05, 0.1) is 4.34 Å². The summed E-state index contributed by atoms with van der Waals surface area (Å²) in [6.07, 6.45) is 0. The van der Waals surface area contributed by atoms with Gasteiger partial charge >= 0.3 is 0 Å². The highest BCUT2D eigenvalue weighted by atomic mass is 35.5. The van der Waals surface area contributed by atoms with Crippen LogP contribution >= 0.6 is 34.5 Å². The standard InChI is InChI=1S/C14H15Cl2NS/c1-9-3-4-11(7-12(9)15)8-17-10(2)13-5-6-14(16)18-13/h3-7,10,17H,8H2,1-2H3. The number of thiophene rings is 1. The highest BCUT2D eigenvalue weighted by Crippen LogP contribution is 2.27. The van der Waals surface area contributed by atoms with Crippen molar-refractivity contribution >= 4 is 34.5 Å². The summed E-state index contributed by atoms with van der Waals surface area (Å²) in [5, 5.41) is 4.29. The second-order valence-electron chi connectivity index (χ2n) is 4.33. The molecule has 1 atom stereocenters. The fourth-order valence-electron chi connectivity index (χ4n) is 1.68. The van der Waals surface area contributed by atoms with Crippen LogP contribution in [0.5, 0.6) is 0 Å². The largest absolute Gasteiger partial charge is 0.305 e. The number of nitrogens with one attached hydrogen (secondary N) is 1. The normalized spacial score (nSPS) is 12.7. The van der Waals surface area contributed by atoms with E-state index in [0.29, 0.717) is 6.04 Å². The van der Waals surface area contributed by atoms with E-state index < -0.39 is 0 Å². The van der Waals surface area contributed by atoms with Crippen molar-refractivity contribution in [1.82, 2.24) is 5.32 Å². The first-order valence-corrected chi connectivity index (χ1v) is 7.37. The predicted molar refractivity (Wildman–Crippen MR) is 80.8 cm³/mol. The first-order chi connectivity index (χ1) is 8.56. The molecule has 1 aromatic carbocycles. The lowest BCUT2D eigenvalue weighted by molar-refractivity contribution is 0.583. The Morgan fingerprint density at radius 3 is 2.61 bits per heavy atom. The van der Waals surface area contributed by atoms with Crippen LogP contribution < -0.4 is 5.32 Å². The maximum absolute atomic E-state index is 6.11. The molecule has 18 heavy (non-hydrogen) atoms. The summed E-state index contributed by atoms with van der Waals surface area (Å²) in [4.78, 5) is 1.25. The molecule has 0 fully saturated rings. The number of aryl methyl sites for hydroxylation is 1. The van der Waals surface area contributed by atoms with Gasteiger partial charge in [-0.3, -0.25) is 0 Å². The van der Waals surface area contributed by atoms with Crippen LogP contribution in [0.3, 0.4) is 0 Å². The number of rotatable bonds is 4. The lowest BCUT2D eigenvalue weighted by Crippen LogP contribution is -2.17. The second-order valence-corrected chi connectivity index (χ2v) is 6.48. The molecule has 0 bridgehead atoms. The van der Waals surface area contributed by atoms with E-state index in [2.05, 4.69) is 24.4 Å². The van der Waals surface area contributed by atoms with Gasteiger partial charge in [0.15, 0.2) is 0 Å². The minimum Gasteiger partial charge on any atom is -0.305 e. The molecule has 2 aromatic rings. The van der Waals surface area contributed by atoms with Gasteiger partial charge in [-0.25, -0.2) is 0 Å². The Hall–Kier alpha value is -0.540. The Kier molecular flexibility index (Phi) is 4.68. The average Bonchev–Trinajstić information content (AvgIpc) is 2.77. The molecule has 0 radical (unpaired) electrons. The summed E-state index contributed by atoms with van der Waals surface area (Å²) >= 11 is 13.7. The Labute approximate surface area is 122 Å². The van der Waals surface area contributed by atoms with Crippen molar-refractivity contribution in [3.8, 4) is 0 Å². The lowest BCUT2D eigenvalue weighted by atomic mass is 10.1. The van der Waals surface area contributed by atoms with Gasteiger partial charge in [0.2, 0.25) is 0 Å². The minimum atomic E-state index is 0.294. The van der Waals surface area contributed by atoms with E-state index in [9.17, 15) is 0 Å². The van der Waals surface area contributed by atoms with Crippen molar-refractivity contribution in [1.29, 1.82) is 0 Å². The maximum Gasteiger partial charge on any atom is 0.0931 e. The zero-order chi connectivity index (χ0) is 13.1. The van der Waals surface area contributed by atoms with Crippen molar-refractivity contribution in [2.45, 2.75) is 26.4 Å². The Balaban J connectivity index is 1.97. The molecule has 4 heteroatoms. The summed E-state index contributed by atoms with van der Waals surface area (Å²) in [7, 11) is 0. The van der Waals surface area contributed by atoms with Gasteiger partial charge in [0, 0.05) is 22.5 Å². The van der Waals surface area contributed by atoms with Crippen LogP contribution in [0.4, 0.5) is 0 Å². The van der Waals surface area contributed by atoms with Gasteiger partial charge in [-0.05, 0) is 43.2 Å². The van der Waals surface area contributed by atoms with Crippen LogP contribution in [-0.4, -0.2) is 0 Å². The van der Waals surface area contributed by atoms with E-state index in [-0.39, 0.29) is 0 Å². The summed E-state index contributed by atoms with van der Waals surface area (Å²) in [5.41, 5.74) is 2.30. The number of hydrogen-bond acceptors (Lipinski definition) is 2. The van der Waals surface area contributed by atoms with Crippen LogP contribution in [0.25, 0.3) is 0 Å². The smallest absolute Gasteiger partial charge is 0.0931 e. The van der Waals surface area contributed by atoms with E-state index in [4.69, 9.17) is 23.2 Å². The first kappa shape index (κ1) is 13.9. The fourth-order valence-corrected chi connectivity index (χ4v) is 2.97. The van der Waals surface area contributed by atoms with Crippen molar-refractivity contribution in [3.05, 3.63) is 55.7 Å². The number of hydrogen-bond donors (Lipinski definition) is 1. The molecular weight excluding hydrogens is 285 g/mol. The molecule has 0 amide bonds. The molecule has 96 valence electrons. The molecule has 0 aliphatic heterocycles. The van der Waals surface area contributed by atoms with Crippen LogP contribution in [0.2, 0.25) is 9.36 Å². The molecule has 1 heterocycles. The van der Waals surface area contributed by atoms with Gasteiger partial charge in [0.1, 0.15) is 0 Å². The zero-order valence-electron chi connectivity index (χ0n) is 10.3. The van der Waals surface area contributed by atoms with Gasteiger partial charge < -0.3 is 5.32 Å². The first-order valence-electron chi connectivity index (χ1n) is 5.80. The minimum absolute atomic E-state index is 0.294. The van der Waals surface area contributed by atoms with E-state index in [0.717, 1.165) is 21.5 Å². The van der Waals surface area contributed by atoms with E-state index >= 15 is 0 Å². The number of halogens is 2. The second kappa shape index (κ2) is 6.07. The molecule has 0 spiro atoms. The van der Waals surface area contributed by atoms with Gasteiger partial charge in [0.25, 0.3) is 0 Å². The molecule has 0 aliphatic rings. The van der Waals surface area contributed by atoms with Crippen LogP contribution in [-0.2, 0) is 6.54 Å². The molecule has 0 saturated heterocycles. The molecule has 2 rings (SSSR count). The topological polar surface area (TPSA) is 12.0 Å². The maximum atomic E-state index is 6.11. The van der Waals surface area contributed by atoms with Gasteiger partial charge in [-0.15, -0.1) is 11.3 Å². The van der Waals surface area contributed by atoms with Crippen LogP contribution in [0.15, 0.2) is 30.3 Å². The molecule has 0 aliphatic carbocycles. The molecule has 1 N–H and O–H groups in total. The Morgan fingerprint density at radius 2 is 2.00 bits per heavy atom. The SMILES string of the molecule is Cc1ccc(CNC(C)c2ccc(Cl)s2)cc1Cl. The highest BCUT2D eigenvalue weighted by molar-refractivity contribution is 7.16. The Bertz CT molecular complexity index is 536. The molecule has 1 aromatic heterocycles. The average molecular weight is 300 g/mol. The number of benzene rings is 1. The zero-order valence-corrected chi connectivity index (χ0v) is 12.7. The molecule has 1 nitrogen and oxygen atoms in total. The van der Waals surface area contributed by atoms with E-state index in [1.165, 1.54) is 10.4 Å². The van der Waals surface area contributed by atoms with Crippen LogP contribution in [0, 0.1) is 6.92 Å². The summed E-state index contributed by atoms with van der Waals surface area (Å²) < 4.78 is 0.831. The van der Waals surface area contributed by atoms with Crippen molar-refractivity contribution < 1.29 is 0 Å². The molecule has 1 unspecified atom stereocenters. The van der Waals surface area contributed by atoms with E-state index in [1.807, 2.05) is 25.1 Å². The van der Waals surface area contributed by atoms with Crippen molar-refractivity contribution in [2.75, 3.05) is 0 Å². The van der Waals surface area contributed by atoms with Gasteiger partial charge in [-0.2, -0.15) is 0 Å². The van der Waals surface area contributed by atoms with E-state index in [1.54, 1.807) is 11.3 Å². The van der Waals surface area contributed by atoms with Crippen LogP contribution in [0.1, 0.15) is 29.0 Å². The van der Waals surface area contributed by atoms with Crippen molar-refractivity contribution in [2.24, 2.45) is 0 Å². The monoisotopic (exact) mass is 299 g/mol. The van der Waals surface area contributed by atoms with Gasteiger partial charge in [-0.1, -0.05) is 35.3 Å². The predicted octanol–water partition coefficient (Wildman–Crippen LogP) is 5.21. The molecular formula is C14H15Cl2NS. The Morgan fingerprint density at radius 1 is 1.22 bits per heavy atom. The summed E-state index contributed by atoms with van der Waals surface area (Å²) in [6.45, 7) is 4.95. The quantitative estimate of drug-likeness (QED) is 0.817. The third-order valence-corrected chi connectivity index (χ3v) is 4.69. The van der Waals surface area contributed by atoms with Crippen molar-refractivity contribution in [3.63, 3.8) is 0 Å². The molecule has 0 saturated carbocycles. The summed E-state index contributed by atoms with van der Waals surface area (Å²) in [5.74, 6) is 0. The lowest BCUT2D eigenvalue weighted by Gasteiger charge is -2.12. The third-order valence-electron chi connectivity index (χ3n) is 2.87. The highest BCUT2D eigenvalue weighted by Gasteiger charge is 2.07. The third kappa shape index (κ3) is 3.48.